The van der Waals surface area contributed by atoms with Crippen molar-refractivity contribution in [2.45, 2.75) is 0 Å². The zero-order valence-corrected chi connectivity index (χ0v) is 13.2. The van der Waals surface area contributed by atoms with Crippen LogP contribution < -0.4 is 5.32 Å². The molecule has 0 bridgehead atoms. The molecule has 0 heterocycles. The summed E-state index contributed by atoms with van der Waals surface area (Å²) in [6, 6.07) is 13.1. The van der Waals surface area contributed by atoms with Gasteiger partial charge in [0.05, 0.1) is 0 Å². The highest BCUT2D eigenvalue weighted by molar-refractivity contribution is 9.10. The van der Waals surface area contributed by atoms with Crippen molar-refractivity contribution in [2.24, 2.45) is 0 Å². The molecule has 0 aromatic heterocycles. The molecule has 0 aliphatic rings. The number of nitrogens with one attached hydrogen (secondary N) is 1. The summed E-state index contributed by atoms with van der Waals surface area (Å²) in [5, 5.41) is 12.0. The van der Waals surface area contributed by atoms with Crippen molar-refractivity contribution in [2.75, 3.05) is 18.5 Å². The molecule has 0 unspecified atom stereocenters. The van der Waals surface area contributed by atoms with Crippen molar-refractivity contribution in [1.29, 1.82) is 0 Å². The van der Waals surface area contributed by atoms with Crippen LogP contribution in [0.1, 0.15) is 10.4 Å². The molecule has 2 N–H and O–H groups in total. The number of ketones is 1. The summed E-state index contributed by atoms with van der Waals surface area (Å²) in [5.74, 6) is -0.641. The second-order valence-corrected chi connectivity index (χ2v) is 5.41. The Labute approximate surface area is 136 Å². The maximum absolute atomic E-state index is 11.8. The number of anilines is 1. The van der Waals surface area contributed by atoms with E-state index in [1.165, 1.54) is 12.1 Å². The lowest BCUT2D eigenvalue weighted by atomic mass is 10.1. The minimum atomic E-state index is -0.529. The predicted octanol–water partition coefficient (Wildman–Crippen LogP) is 2.99. The lowest BCUT2D eigenvalue weighted by Crippen LogP contribution is -2.20. The molecular formula is C16H14BrNO4. The number of esters is 1. The van der Waals surface area contributed by atoms with E-state index in [-0.39, 0.29) is 24.7 Å². The van der Waals surface area contributed by atoms with Gasteiger partial charge in [0.1, 0.15) is 12.3 Å². The van der Waals surface area contributed by atoms with Crippen LogP contribution in [0.5, 0.6) is 5.75 Å². The fourth-order valence-electron chi connectivity index (χ4n) is 1.67. The van der Waals surface area contributed by atoms with Crippen LogP contribution in [0, 0.1) is 0 Å². The second-order valence-electron chi connectivity index (χ2n) is 4.49. The fraction of sp³-hybridized carbons (Fsp3) is 0.125. The molecule has 0 spiro atoms. The number of carbonyl (C=O) groups excluding carboxylic acids is 2. The van der Waals surface area contributed by atoms with E-state index < -0.39 is 5.97 Å². The largest absolute Gasteiger partial charge is 0.508 e. The first-order valence-corrected chi connectivity index (χ1v) is 7.31. The van der Waals surface area contributed by atoms with E-state index in [0.29, 0.717) is 11.3 Å². The van der Waals surface area contributed by atoms with Crippen LogP contribution in [0.25, 0.3) is 0 Å². The monoisotopic (exact) mass is 363 g/mol. The van der Waals surface area contributed by atoms with E-state index in [1.807, 2.05) is 0 Å². The summed E-state index contributed by atoms with van der Waals surface area (Å²) in [4.78, 5) is 23.4. The highest BCUT2D eigenvalue weighted by Gasteiger charge is 2.09. The van der Waals surface area contributed by atoms with Gasteiger partial charge in [0.2, 0.25) is 0 Å². The van der Waals surface area contributed by atoms with Crippen molar-refractivity contribution < 1.29 is 19.4 Å². The van der Waals surface area contributed by atoms with Crippen molar-refractivity contribution in [3.63, 3.8) is 0 Å². The first kappa shape index (κ1) is 16.0. The summed E-state index contributed by atoms with van der Waals surface area (Å²) in [5.41, 5.74) is 1.16. The number of hydrogen-bond acceptors (Lipinski definition) is 5. The highest BCUT2D eigenvalue weighted by atomic mass is 79.9. The van der Waals surface area contributed by atoms with E-state index in [9.17, 15) is 9.59 Å². The van der Waals surface area contributed by atoms with Gasteiger partial charge in [-0.1, -0.05) is 28.1 Å². The van der Waals surface area contributed by atoms with Crippen LogP contribution in [0.2, 0.25) is 0 Å². The SMILES string of the molecule is O=C(CNc1ccc(O)cc1)OCC(=O)c1ccc(Br)cc1. The summed E-state index contributed by atoms with van der Waals surface area (Å²) in [7, 11) is 0. The Morgan fingerprint density at radius 1 is 1.05 bits per heavy atom. The molecule has 0 aliphatic heterocycles. The van der Waals surface area contributed by atoms with Gasteiger partial charge in [-0.15, -0.1) is 0 Å². The molecule has 22 heavy (non-hydrogen) atoms. The standard InChI is InChI=1S/C16H14BrNO4/c17-12-3-1-11(2-4-12)15(20)10-22-16(21)9-18-13-5-7-14(19)8-6-13/h1-8,18-19H,9-10H2. The Hall–Kier alpha value is -2.34. The summed E-state index contributed by atoms with van der Waals surface area (Å²) in [6.45, 7) is -0.351. The molecule has 114 valence electrons. The van der Waals surface area contributed by atoms with Crippen LogP contribution in [-0.2, 0) is 9.53 Å². The van der Waals surface area contributed by atoms with Gasteiger partial charge in [-0.2, -0.15) is 0 Å². The van der Waals surface area contributed by atoms with E-state index in [1.54, 1.807) is 36.4 Å². The highest BCUT2D eigenvalue weighted by Crippen LogP contribution is 2.13. The van der Waals surface area contributed by atoms with Gasteiger partial charge in [-0.25, -0.2) is 0 Å². The van der Waals surface area contributed by atoms with Gasteiger partial charge in [-0.3, -0.25) is 9.59 Å². The predicted molar refractivity (Wildman–Crippen MR) is 86.0 cm³/mol. The molecule has 0 atom stereocenters. The van der Waals surface area contributed by atoms with E-state index in [0.717, 1.165) is 4.47 Å². The Bertz CT molecular complexity index is 653. The fourth-order valence-corrected chi connectivity index (χ4v) is 1.93. The second kappa shape index (κ2) is 7.61. The number of carbonyl (C=O) groups is 2. The zero-order chi connectivity index (χ0) is 15.9. The number of halogens is 1. The molecule has 2 aromatic rings. The number of hydrogen-bond donors (Lipinski definition) is 2. The third-order valence-corrected chi connectivity index (χ3v) is 3.36. The van der Waals surface area contributed by atoms with Crippen LogP contribution >= 0.6 is 15.9 Å². The Kier molecular flexibility index (Phi) is 5.55. The Morgan fingerprint density at radius 3 is 2.32 bits per heavy atom. The average molecular weight is 364 g/mol. The molecule has 0 fully saturated rings. The van der Waals surface area contributed by atoms with Gasteiger partial charge >= 0.3 is 5.97 Å². The van der Waals surface area contributed by atoms with Crippen molar-refractivity contribution in [1.82, 2.24) is 0 Å². The third kappa shape index (κ3) is 4.89. The molecule has 0 radical (unpaired) electrons. The first-order valence-electron chi connectivity index (χ1n) is 6.52. The van der Waals surface area contributed by atoms with E-state index >= 15 is 0 Å². The van der Waals surface area contributed by atoms with E-state index in [4.69, 9.17) is 9.84 Å². The molecule has 0 saturated carbocycles. The van der Waals surface area contributed by atoms with Gasteiger partial charge in [0, 0.05) is 15.7 Å². The molecule has 2 rings (SSSR count). The molecule has 2 aromatic carbocycles. The van der Waals surface area contributed by atoms with Gasteiger partial charge in [0.25, 0.3) is 0 Å². The average Bonchev–Trinajstić information content (AvgIpc) is 2.52. The Balaban J connectivity index is 1.76. The van der Waals surface area contributed by atoms with Crippen LogP contribution in [0.3, 0.4) is 0 Å². The molecule has 0 saturated heterocycles. The number of Topliss-reactive ketones (excluding diaryl/α,β-unsaturated/α-hetero) is 1. The minimum Gasteiger partial charge on any atom is -0.508 e. The molecular weight excluding hydrogens is 350 g/mol. The Morgan fingerprint density at radius 2 is 1.68 bits per heavy atom. The third-order valence-electron chi connectivity index (χ3n) is 2.83. The molecule has 6 heteroatoms. The molecule has 5 nitrogen and oxygen atoms in total. The number of benzene rings is 2. The number of aromatic hydroxyl groups is 1. The number of phenols is 1. The zero-order valence-electron chi connectivity index (χ0n) is 11.6. The number of rotatable bonds is 6. The van der Waals surface area contributed by atoms with Gasteiger partial charge in [0.15, 0.2) is 12.4 Å². The van der Waals surface area contributed by atoms with Crippen molar-refractivity contribution in [3.05, 3.63) is 58.6 Å². The van der Waals surface area contributed by atoms with Crippen molar-refractivity contribution >= 4 is 33.4 Å². The summed E-state index contributed by atoms with van der Waals surface area (Å²) in [6.07, 6.45) is 0. The summed E-state index contributed by atoms with van der Waals surface area (Å²) < 4.78 is 5.80. The number of phenolic OH excluding ortho intramolecular Hbond substituents is 1. The topological polar surface area (TPSA) is 75.6 Å². The molecule has 0 amide bonds. The lowest BCUT2D eigenvalue weighted by molar-refractivity contribution is -0.140. The lowest BCUT2D eigenvalue weighted by Gasteiger charge is -2.07. The maximum Gasteiger partial charge on any atom is 0.325 e. The normalized spacial score (nSPS) is 10.0. The van der Waals surface area contributed by atoms with Gasteiger partial charge in [-0.05, 0) is 36.4 Å². The number of ether oxygens (including phenoxy) is 1. The smallest absolute Gasteiger partial charge is 0.325 e. The summed E-state index contributed by atoms with van der Waals surface area (Å²) >= 11 is 3.28. The van der Waals surface area contributed by atoms with Crippen molar-refractivity contribution in [3.8, 4) is 5.75 Å². The van der Waals surface area contributed by atoms with Crippen LogP contribution in [0.4, 0.5) is 5.69 Å². The molecule has 0 aliphatic carbocycles. The van der Waals surface area contributed by atoms with Gasteiger partial charge < -0.3 is 15.2 Å². The van der Waals surface area contributed by atoms with E-state index in [2.05, 4.69) is 21.2 Å². The minimum absolute atomic E-state index is 0.0571. The quantitative estimate of drug-likeness (QED) is 0.468. The van der Waals surface area contributed by atoms with Crippen LogP contribution in [-0.4, -0.2) is 30.0 Å². The first-order chi connectivity index (χ1) is 10.5. The van der Waals surface area contributed by atoms with Crippen LogP contribution in [0.15, 0.2) is 53.0 Å². The maximum atomic E-state index is 11.8.